The fraction of sp³-hybridized carbons (Fsp3) is 0.348. The number of benzene rings is 1. The number of rotatable bonds is 6. The fourth-order valence-electron chi connectivity index (χ4n) is 3.82. The second kappa shape index (κ2) is 9.48. The van der Waals surface area contributed by atoms with Gasteiger partial charge in [0, 0.05) is 44.3 Å². The Hall–Kier alpha value is -3.26. The molecule has 9 heteroatoms. The van der Waals surface area contributed by atoms with Gasteiger partial charge in [0.2, 0.25) is 0 Å². The first-order valence-corrected chi connectivity index (χ1v) is 11.0. The quantitative estimate of drug-likeness (QED) is 0.592. The van der Waals surface area contributed by atoms with E-state index in [0.717, 1.165) is 41.2 Å². The number of hydrogen-bond acceptors (Lipinski definition) is 6. The molecule has 1 amide bonds. The predicted molar refractivity (Wildman–Crippen MR) is 127 cm³/mol. The van der Waals surface area contributed by atoms with Crippen LogP contribution in [0.2, 0.25) is 5.02 Å². The van der Waals surface area contributed by atoms with Crippen LogP contribution in [-0.2, 0) is 11.8 Å². The van der Waals surface area contributed by atoms with Gasteiger partial charge in [-0.05, 0) is 43.5 Å². The molecule has 168 valence electrons. The molecule has 0 saturated carbocycles. The number of pyridine rings is 2. The summed E-state index contributed by atoms with van der Waals surface area (Å²) in [6.07, 6.45) is 5.26. The Morgan fingerprint density at radius 1 is 1.19 bits per heavy atom. The topological polar surface area (TPSA) is 88.5 Å². The summed E-state index contributed by atoms with van der Waals surface area (Å²) in [4.78, 5) is 30.8. The van der Waals surface area contributed by atoms with Crippen molar-refractivity contribution in [2.24, 2.45) is 7.05 Å². The Morgan fingerprint density at radius 2 is 1.97 bits per heavy atom. The number of carbonyl (C=O) groups is 1. The van der Waals surface area contributed by atoms with Gasteiger partial charge in [-0.25, -0.2) is 4.98 Å². The minimum absolute atomic E-state index is 0.120. The van der Waals surface area contributed by atoms with Crippen molar-refractivity contribution in [3.63, 3.8) is 0 Å². The number of carbonyl (C=O) groups excluding carboxylic acids is 1. The van der Waals surface area contributed by atoms with Crippen molar-refractivity contribution >= 4 is 45.6 Å². The summed E-state index contributed by atoms with van der Waals surface area (Å²) in [5.74, 6) is 0.721. The molecule has 0 spiro atoms. The number of anilines is 3. The molecule has 1 aliphatic heterocycles. The molecular weight excluding hydrogens is 430 g/mol. The Labute approximate surface area is 191 Å². The van der Waals surface area contributed by atoms with Crippen LogP contribution >= 0.6 is 11.6 Å². The van der Waals surface area contributed by atoms with E-state index in [4.69, 9.17) is 16.3 Å². The maximum atomic E-state index is 12.6. The highest BCUT2D eigenvalue weighted by molar-refractivity contribution is 6.33. The number of ether oxygens (including phenoxy) is 1. The van der Waals surface area contributed by atoms with Crippen LogP contribution in [0, 0.1) is 0 Å². The third kappa shape index (κ3) is 4.65. The van der Waals surface area contributed by atoms with E-state index in [2.05, 4.69) is 20.5 Å². The van der Waals surface area contributed by atoms with E-state index in [1.54, 1.807) is 19.3 Å². The summed E-state index contributed by atoms with van der Waals surface area (Å²) in [6.45, 7) is 1.77. The summed E-state index contributed by atoms with van der Waals surface area (Å²) in [6, 6.07) is 9.29. The predicted octanol–water partition coefficient (Wildman–Crippen LogP) is 3.45. The van der Waals surface area contributed by atoms with Gasteiger partial charge in [-0.1, -0.05) is 11.6 Å². The zero-order valence-electron chi connectivity index (χ0n) is 18.2. The lowest BCUT2D eigenvalue weighted by Crippen LogP contribution is -2.30. The summed E-state index contributed by atoms with van der Waals surface area (Å²) >= 11 is 6.41. The van der Waals surface area contributed by atoms with Gasteiger partial charge in [0.05, 0.1) is 22.4 Å². The van der Waals surface area contributed by atoms with E-state index in [1.165, 1.54) is 30.9 Å². The van der Waals surface area contributed by atoms with Crippen molar-refractivity contribution in [3.8, 4) is 5.75 Å². The van der Waals surface area contributed by atoms with Gasteiger partial charge < -0.3 is 24.8 Å². The summed E-state index contributed by atoms with van der Waals surface area (Å²) < 4.78 is 6.94. The molecule has 0 radical (unpaired) electrons. The van der Waals surface area contributed by atoms with Crippen LogP contribution in [0.4, 0.5) is 17.2 Å². The number of fused-ring (bicyclic) bond motifs is 1. The number of aryl methyl sites for hydroxylation is 1. The number of likely N-dealkylation sites (N-methyl/N-ethyl adjacent to an activating group) is 1. The van der Waals surface area contributed by atoms with Crippen LogP contribution in [0.15, 0.2) is 41.3 Å². The number of piperidine rings is 1. The molecule has 2 aromatic heterocycles. The average Bonchev–Trinajstić information content (AvgIpc) is 2.82. The molecule has 32 heavy (non-hydrogen) atoms. The van der Waals surface area contributed by atoms with Crippen molar-refractivity contribution in [1.82, 2.24) is 14.9 Å². The van der Waals surface area contributed by atoms with Crippen molar-refractivity contribution in [2.45, 2.75) is 19.3 Å². The third-order valence-corrected chi connectivity index (χ3v) is 5.93. The Morgan fingerprint density at radius 3 is 2.72 bits per heavy atom. The largest absolute Gasteiger partial charge is 0.478 e. The molecule has 0 unspecified atom stereocenters. The number of aromatic nitrogens is 2. The molecule has 0 aliphatic carbocycles. The van der Waals surface area contributed by atoms with Gasteiger partial charge in [0.1, 0.15) is 5.82 Å². The number of halogens is 1. The van der Waals surface area contributed by atoms with Gasteiger partial charge in [-0.2, -0.15) is 0 Å². The van der Waals surface area contributed by atoms with E-state index in [9.17, 15) is 9.59 Å². The van der Waals surface area contributed by atoms with Crippen LogP contribution in [0.3, 0.4) is 0 Å². The Kier molecular flexibility index (Phi) is 6.50. The minimum atomic E-state index is -0.306. The van der Waals surface area contributed by atoms with Crippen molar-refractivity contribution < 1.29 is 9.53 Å². The maximum absolute atomic E-state index is 12.6. The molecule has 1 saturated heterocycles. The number of hydrogen-bond donors (Lipinski definition) is 2. The number of nitrogens with one attached hydrogen (secondary N) is 2. The molecule has 2 N–H and O–H groups in total. The van der Waals surface area contributed by atoms with Gasteiger partial charge in [0.15, 0.2) is 12.4 Å². The standard InChI is InChI=1S/C23H26ClN5O3/c1-25-22(30)14-32-20-11-15-10-16(6-7-19(15)28(2)23(20)31)27-18-12-21(26-13-17(18)24)29-8-4-3-5-9-29/h6-7,10-13H,3-5,8-9,14H2,1-2H3,(H,25,30)(H,26,27). The van der Waals surface area contributed by atoms with Crippen LogP contribution in [0.1, 0.15) is 19.3 Å². The molecule has 0 atom stereocenters. The van der Waals surface area contributed by atoms with E-state index in [1.807, 2.05) is 24.3 Å². The average molecular weight is 456 g/mol. The lowest BCUT2D eigenvalue weighted by Gasteiger charge is -2.28. The smallest absolute Gasteiger partial charge is 0.293 e. The van der Waals surface area contributed by atoms with Crippen LogP contribution in [-0.4, -0.2) is 42.2 Å². The monoisotopic (exact) mass is 455 g/mol. The SMILES string of the molecule is CNC(=O)COc1cc2cc(Nc3cc(N4CCCCC4)ncc3Cl)ccc2n(C)c1=O. The first kappa shape index (κ1) is 22.0. The van der Waals surface area contributed by atoms with E-state index in [-0.39, 0.29) is 23.8 Å². The highest BCUT2D eigenvalue weighted by Gasteiger charge is 2.15. The lowest BCUT2D eigenvalue weighted by atomic mass is 10.1. The molecule has 3 heterocycles. The minimum Gasteiger partial charge on any atom is -0.478 e. The molecule has 1 fully saturated rings. The zero-order valence-corrected chi connectivity index (χ0v) is 18.9. The van der Waals surface area contributed by atoms with Crippen molar-refractivity contribution in [3.05, 3.63) is 51.9 Å². The summed E-state index contributed by atoms with van der Waals surface area (Å²) in [5.41, 5.74) is 2.03. The van der Waals surface area contributed by atoms with Crippen LogP contribution in [0.25, 0.3) is 10.9 Å². The van der Waals surface area contributed by atoms with E-state index in [0.29, 0.717) is 5.02 Å². The molecule has 8 nitrogen and oxygen atoms in total. The second-order valence-electron chi connectivity index (χ2n) is 7.80. The molecule has 1 aliphatic rings. The normalized spacial score (nSPS) is 13.8. The molecular formula is C23H26ClN5O3. The highest BCUT2D eigenvalue weighted by Crippen LogP contribution is 2.31. The number of nitrogens with zero attached hydrogens (tertiary/aromatic N) is 3. The summed E-state index contributed by atoms with van der Waals surface area (Å²) in [7, 11) is 3.19. The molecule has 3 aromatic rings. The zero-order chi connectivity index (χ0) is 22.7. The fourth-order valence-corrected chi connectivity index (χ4v) is 3.98. The van der Waals surface area contributed by atoms with Gasteiger partial charge >= 0.3 is 0 Å². The lowest BCUT2D eigenvalue weighted by molar-refractivity contribution is -0.122. The molecule has 0 bridgehead atoms. The van der Waals surface area contributed by atoms with E-state index < -0.39 is 0 Å². The third-order valence-electron chi connectivity index (χ3n) is 5.63. The maximum Gasteiger partial charge on any atom is 0.293 e. The Balaban J connectivity index is 1.63. The molecule has 4 rings (SSSR count). The van der Waals surface area contributed by atoms with Gasteiger partial charge in [-0.3, -0.25) is 9.59 Å². The van der Waals surface area contributed by atoms with Gasteiger partial charge in [-0.15, -0.1) is 0 Å². The highest BCUT2D eigenvalue weighted by atomic mass is 35.5. The van der Waals surface area contributed by atoms with Crippen molar-refractivity contribution in [2.75, 3.05) is 37.0 Å². The van der Waals surface area contributed by atoms with Gasteiger partial charge in [0.25, 0.3) is 11.5 Å². The van der Waals surface area contributed by atoms with Crippen molar-refractivity contribution in [1.29, 1.82) is 0 Å². The van der Waals surface area contributed by atoms with Crippen LogP contribution < -0.4 is 25.8 Å². The molecule has 1 aromatic carbocycles. The summed E-state index contributed by atoms with van der Waals surface area (Å²) in [5, 5.41) is 7.16. The van der Waals surface area contributed by atoms with Crippen LogP contribution in [0.5, 0.6) is 5.75 Å². The Bertz CT molecular complexity index is 1200. The number of amides is 1. The van der Waals surface area contributed by atoms with E-state index >= 15 is 0 Å². The first-order chi connectivity index (χ1) is 15.5. The first-order valence-electron chi connectivity index (χ1n) is 10.6. The second-order valence-corrected chi connectivity index (χ2v) is 8.21.